The maximum Gasteiger partial charge on any atom is 0.255 e. The highest BCUT2D eigenvalue weighted by Crippen LogP contribution is 2.36. The van der Waals surface area contributed by atoms with Crippen molar-refractivity contribution in [2.75, 3.05) is 0 Å². The van der Waals surface area contributed by atoms with Gasteiger partial charge in [-0.3, -0.25) is 29.3 Å². The molecule has 1 fully saturated rings. The third-order valence-corrected chi connectivity index (χ3v) is 10.9. The van der Waals surface area contributed by atoms with E-state index in [1.165, 1.54) is 0 Å². The molecule has 0 bridgehead atoms. The summed E-state index contributed by atoms with van der Waals surface area (Å²) in [5.74, 6) is 13.8. The molecule has 258 valence electrons. The molecule has 3 aromatic heterocycles. The molecule has 3 aliphatic rings. The zero-order chi connectivity index (χ0) is 35.9. The molecule has 0 aliphatic carbocycles. The number of nitrogens with one attached hydrogen (secondary N) is 1. The number of rotatable bonds is 5. The number of unbranched alkanes of at least 4 members (excludes halogenated alkanes) is 1. The molecule has 1 saturated heterocycles. The van der Waals surface area contributed by atoms with E-state index >= 15 is 0 Å². The number of imide groups is 1. The number of benzene rings is 2. The monoisotopic (exact) mass is 726 g/mol. The van der Waals surface area contributed by atoms with E-state index in [-0.39, 0.29) is 18.2 Å². The molecule has 13 heteroatoms. The summed E-state index contributed by atoms with van der Waals surface area (Å²) >= 11 is 7.79. The molecule has 11 nitrogen and oxygen atoms in total. The van der Waals surface area contributed by atoms with Crippen LogP contribution in [-0.2, 0) is 29.2 Å². The van der Waals surface area contributed by atoms with Gasteiger partial charge in [0.05, 0.1) is 16.9 Å². The van der Waals surface area contributed by atoms with Crippen molar-refractivity contribution in [1.82, 2.24) is 34.5 Å². The Morgan fingerprint density at radius 2 is 1.88 bits per heavy atom. The van der Waals surface area contributed by atoms with Gasteiger partial charge in [0.15, 0.2) is 5.82 Å². The predicted octanol–water partition coefficient (Wildman–Crippen LogP) is 5.14. The molecule has 2 aromatic carbocycles. The lowest BCUT2D eigenvalue weighted by atomic mass is 10.00. The number of hydrogen-bond acceptors (Lipinski definition) is 8. The summed E-state index contributed by atoms with van der Waals surface area (Å²) in [6.07, 6.45) is 5.72. The molecule has 1 atom stereocenters. The molecule has 52 heavy (non-hydrogen) atoms. The SMILES string of the molecule is Cc1c(C#Cc2cn(CCCC#Cc3cccc4c3CN(C3CCC(=O)NC3=O)C4=O)cn2)sc2c1C(c1ccc(Cl)cc1)=NCc1nnc(C)n1-2. The second-order valence-corrected chi connectivity index (χ2v) is 14.2. The van der Waals surface area contributed by atoms with Crippen molar-refractivity contribution in [1.29, 1.82) is 0 Å². The van der Waals surface area contributed by atoms with Crippen molar-refractivity contribution >= 4 is 46.4 Å². The van der Waals surface area contributed by atoms with E-state index in [4.69, 9.17) is 16.6 Å². The van der Waals surface area contributed by atoms with E-state index < -0.39 is 11.9 Å². The zero-order valence-electron chi connectivity index (χ0n) is 28.4. The molecule has 3 amide bonds. The Balaban J connectivity index is 0.941. The van der Waals surface area contributed by atoms with Crippen molar-refractivity contribution in [3.05, 3.63) is 116 Å². The van der Waals surface area contributed by atoms with Gasteiger partial charge in [-0.25, -0.2) is 4.98 Å². The van der Waals surface area contributed by atoms with Crippen LogP contribution in [0.15, 0.2) is 60.0 Å². The van der Waals surface area contributed by atoms with E-state index in [1.807, 2.05) is 54.1 Å². The second kappa shape index (κ2) is 13.7. The Morgan fingerprint density at radius 3 is 2.71 bits per heavy atom. The van der Waals surface area contributed by atoms with Crippen LogP contribution in [0.2, 0.25) is 5.02 Å². The lowest BCUT2D eigenvalue weighted by Gasteiger charge is -2.29. The fourth-order valence-electron chi connectivity index (χ4n) is 6.78. The number of amides is 3. The van der Waals surface area contributed by atoms with Crippen LogP contribution in [0.25, 0.3) is 5.00 Å². The number of fused-ring (bicyclic) bond motifs is 4. The Morgan fingerprint density at radius 1 is 1.04 bits per heavy atom. The van der Waals surface area contributed by atoms with Gasteiger partial charge >= 0.3 is 0 Å². The zero-order valence-corrected chi connectivity index (χ0v) is 29.9. The minimum Gasteiger partial charge on any atom is -0.336 e. The van der Waals surface area contributed by atoms with Crippen LogP contribution in [0, 0.1) is 37.5 Å². The number of carbonyl (C=O) groups excluding carboxylic acids is 3. The molecule has 0 radical (unpaired) electrons. The quantitative estimate of drug-likeness (QED) is 0.152. The fraction of sp³-hybridized carbons (Fsp3) is 0.256. The first-order chi connectivity index (χ1) is 25.2. The van der Waals surface area contributed by atoms with E-state index in [0.29, 0.717) is 42.2 Å². The molecular weight excluding hydrogens is 696 g/mol. The number of halogens is 1. The number of aliphatic imine (C=N–C) groups is 1. The van der Waals surface area contributed by atoms with E-state index in [2.05, 4.69) is 55.7 Å². The molecule has 8 rings (SSSR count). The van der Waals surface area contributed by atoms with Crippen molar-refractivity contribution < 1.29 is 14.4 Å². The van der Waals surface area contributed by atoms with Crippen molar-refractivity contribution in [2.45, 2.75) is 65.2 Å². The first-order valence-electron chi connectivity index (χ1n) is 16.9. The highest BCUT2D eigenvalue weighted by atomic mass is 35.5. The van der Waals surface area contributed by atoms with Gasteiger partial charge in [0, 0.05) is 59.4 Å². The van der Waals surface area contributed by atoms with Crippen LogP contribution in [0.3, 0.4) is 0 Å². The van der Waals surface area contributed by atoms with Crippen LogP contribution >= 0.6 is 22.9 Å². The van der Waals surface area contributed by atoms with Crippen LogP contribution in [0.1, 0.15) is 86.1 Å². The smallest absolute Gasteiger partial charge is 0.255 e. The summed E-state index contributed by atoms with van der Waals surface area (Å²) in [5, 5.41) is 12.7. The highest BCUT2D eigenvalue weighted by molar-refractivity contribution is 7.15. The minimum absolute atomic E-state index is 0.201. The average molecular weight is 727 g/mol. The molecule has 6 heterocycles. The number of piperidine rings is 1. The number of thiophene rings is 1. The number of hydrogen-bond donors (Lipinski definition) is 1. The van der Waals surface area contributed by atoms with E-state index in [0.717, 1.165) is 68.0 Å². The van der Waals surface area contributed by atoms with Gasteiger partial charge in [-0.05, 0) is 73.9 Å². The molecular formula is C39H31ClN8O3S. The topological polar surface area (TPSA) is 127 Å². The number of aromatic nitrogens is 5. The lowest BCUT2D eigenvalue weighted by molar-refractivity contribution is -0.136. The minimum atomic E-state index is -0.651. The first kappa shape index (κ1) is 33.3. The van der Waals surface area contributed by atoms with Crippen LogP contribution in [0.5, 0.6) is 0 Å². The van der Waals surface area contributed by atoms with Crippen molar-refractivity contribution in [3.63, 3.8) is 0 Å². The van der Waals surface area contributed by atoms with Gasteiger partial charge in [-0.15, -0.1) is 21.5 Å². The Kier molecular flexibility index (Phi) is 8.79. The van der Waals surface area contributed by atoms with E-state index in [9.17, 15) is 14.4 Å². The predicted molar refractivity (Wildman–Crippen MR) is 196 cm³/mol. The van der Waals surface area contributed by atoms with E-state index in [1.54, 1.807) is 28.6 Å². The molecule has 0 spiro atoms. The van der Waals surface area contributed by atoms with Gasteiger partial charge in [0.25, 0.3) is 5.91 Å². The normalized spacial score (nSPS) is 16.1. The number of carbonyl (C=O) groups is 3. The third kappa shape index (κ3) is 6.21. The largest absolute Gasteiger partial charge is 0.336 e. The van der Waals surface area contributed by atoms with Crippen LogP contribution in [-0.4, -0.2) is 58.7 Å². The second-order valence-electron chi connectivity index (χ2n) is 12.8. The molecule has 1 unspecified atom stereocenters. The van der Waals surface area contributed by atoms with Crippen LogP contribution in [0.4, 0.5) is 0 Å². The van der Waals surface area contributed by atoms with Crippen molar-refractivity contribution in [3.8, 4) is 28.7 Å². The Labute approximate surface area is 308 Å². The maximum absolute atomic E-state index is 13.1. The average Bonchev–Trinajstić information content (AvgIpc) is 3.88. The summed E-state index contributed by atoms with van der Waals surface area (Å²) in [6, 6.07) is 12.6. The summed E-state index contributed by atoms with van der Waals surface area (Å²) in [4.78, 5) is 49.1. The summed E-state index contributed by atoms with van der Waals surface area (Å²) < 4.78 is 4.08. The standard InChI is InChI=1S/C39H31ClN8O3S/c1-23-32(52-39-35(23)36(26-10-12-27(40)13-11-26)41-19-33-45-44-24(2)48(33)39)16-14-28-20-46(22-42-28)18-5-3-4-7-25-8-6-9-29-30(25)21-47(38(29)51)31-15-17-34(49)43-37(31)50/h6,8-13,20,22,31H,3,5,15,17-19,21H2,1-2H3,(H,43,49,50). The van der Waals surface area contributed by atoms with Gasteiger partial charge in [-0.2, -0.15) is 0 Å². The molecule has 1 N–H and O–H groups in total. The molecule has 3 aliphatic heterocycles. The fourth-order valence-corrected chi connectivity index (χ4v) is 8.13. The van der Waals surface area contributed by atoms with Gasteiger partial charge < -0.3 is 9.47 Å². The van der Waals surface area contributed by atoms with Gasteiger partial charge in [0.2, 0.25) is 11.8 Å². The van der Waals surface area contributed by atoms with Gasteiger partial charge in [-0.1, -0.05) is 41.6 Å². The lowest BCUT2D eigenvalue weighted by Crippen LogP contribution is -2.52. The summed E-state index contributed by atoms with van der Waals surface area (Å²) in [6.45, 7) is 5.47. The summed E-state index contributed by atoms with van der Waals surface area (Å²) in [7, 11) is 0. The van der Waals surface area contributed by atoms with Gasteiger partial charge in [0.1, 0.15) is 29.1 Å². The van der Waals surface area contributed by atoms with Crippen LogP contribution < -0.4 is 5.32 Å². The number of imidazole rings is 1. The molecule has 5 aromatic rings. The number of nitrogens with zero attached hydrogens (tertiary/aromatic N) is 7. The highest BCUT2D eigenvalue weighted by Gasteiger charge is 2.39. The molecule has 0 saturated carbocycles. The third-order valence-electron chi connectivity index (χ3n) is 9.42. The summed E-state index contributed by atoms with van der Waals surface area (Å²) in [5.41, 5.74) is 6.75. The first-order valence-corrected chi connectivity index (χ1v) is 18.1. The Hall–Kier alpha value is -5.82. The Bertz CT molecular complexity index is 2450. The van der Waals surface area contributed by atoms with Crippen molar-refractivity contribution in [2.24, 2.45) is 4.99 Å². The maximum atomic E-state index is 13.1. The number of aryl methyl sites for hydroxylation is 2.